The lowest BCUT2D eigenvalue weighted by atomic mass is 9.94. The van der Waals surface area contributed by atoms with Crippen LogP contribution in [0, 0.1) is 13.8 Å². The van der Waals surface area contributed by atoms with Crippen LogP contribution < -0.4 is 0 Å². The Hall–Kier alpha value is -1.70. The fourth-order valence-electron chi connectivity index (χ4n) is 3.55. The Bertz CT molecular complexity index is 583. The van der Waals surface area contributed by atoms with Gasteiger partial charge in [0.15, 0.2) is 0 Å². The van der Waals surface area contributed by atoms with Gasteiger partial charge in [-0.15, -0.1) is 0 Å². The molecule has 0 aliphatic carbocycles. The van der Waals surface area contributed by atoms with Crippen LogP contribution in [0.5, 0.6) is 0 Å². The molecule has 0 spiro atoms. The highest BCUT2D eigenvalue weighted by Gasteiger charge is 2.11. The molecule has 0 fully saturated rings. The van der Waals surface area contributed by atoms with E-state index in [4.69, 9.17) is 0 Å². The summed E-state index contributed by atoms with van der Waals surface area (Å²) >= 11 is 0. The van der Waals surface area contributed by atoms with E-state index in [2.05, 4.69) is 91.3 Å². The maximum atomic E-state index is 4.42. The molecule has 0 bridgehead atoms. The average Bonchev–Trinajstić information content (AvgIpc) is 2.54. The minimum absolute atomic E-state index is 0.527. The summed E-state index contributed by atoms with van der Waals surface area (Å²) in [5.74, 6) is 2.25. The highest BCUT2D eigenvalue weighted by atomic mass is 14.7. The van der Waals surface area contributed by atoms with Crippen LogP contribution in [0.25, 0.3) is 0 Å². The minimum atomic E-state index is 0.527. The predicted octanol–water partition coefficient (Wildman–Crippen LogP) is 7.27. The molecular weight excluding hydrogens is 316 g/mol. The highest BCUT2D eigenvalue weighted by Crippen LogP contribution is 2.25. The van der Waals surface area contributed by atoms with Crippen molar-refractivity contribution >= 4 is 0 Å². The van der Waals surface area contributed by atoms with Crippen molar-refractivity contribution in [2.75, 3.05) is 0 Å². The topological polar surface area (TPSA) is 25.8 Å². The first kappa shape index (κ1) is 22.3. The summed E-state index contributed by atoms with van der Waals surface area (Å²) in [5, 5.41) is 0. The van der Waals surface area contributed by atoms with Gasteiger partial charge < -0.3 is 0 Å². The zero-order valence-electron chi connectivity index (χ0n) is 18.5. The van der Waals surface area contributed by atoms with Gasteiger partial charge in [-0.3, -0.25) is 9.97 Å². The normalized spacial score (nSPS) is 11.3. The number of hydrogen-bond acceptors (Lipinski definition) is 2. The van der Waals surface area contributed by atoms with Gasteiger partial charge in [-0.2, -0.15) is 0 Å². The van der Waals surface area contributed by atoms with Crippen molar-refractivity contribution in [2.24, 2.45) is 0 Å². The number of hydrogen-bond donors (Lipinski definition) is 0. The summed E-state index contributed by atoms with van der Waals surface area (Å²) < 4.78 is 0. The SMILES string of the molecule is Cc1c(C(C)C)ccnc1C(C)C.Cc1c(C(C)C)ccnc1C(C)C. The molecule has 0 aliphatic heterocycles. The second-order valence-corrected chi connectivity index (χ2v) is 8.44. The molecule has 2 aromatic heterocycles. The van der Waals surface area contributed by atoms with E-state index in [9.17, 15) is 0 Å². The first-order valence-corrected chi connectivity index (χ1v) is 9.98. The first-order chi connectivity index (χ1) is 12.1. The number of pyridine rings is 2. The zero-order chi connectivity index (χ0) is 20.0. The van der Waals surface area contributed by atoms with E-state index in [-0.39, 0.29) is 0 Å². The number of nitrogens with zero attached hydrogens (tertiary/aromatic N) is 2. The van der Waals surface area contributed by atoms with E-state index in [1.54, 1.807) is 0 Å². The predicted molar refractivity (Wildman–Crippen MR) is 114 cm³/mol. The van der Waals surface area contributed by atoms with Gasteiger partial charge in [0.05, 0.1) is 0 Å². The van der Waals surface area contributed by atoms with Gasteiger partial charge in [0.25, 0.3) is 0 Å². The fourth-order valence-corrected chi connectivity index (χ4v) is 3.55. The van der Waals surface area contributed by atoms with Crippen LogP contribution >= 0.6 is 0 Å². The summed E-state index contributed by atoms with van der Waals surface area (Å²) in [5.41, 5.74) is 8.08. The van der Waals surface area contributed by atoms with Gasteiger partial charge in [-0.1, -0.05) is 55.4 Å². The molecule has 0 aliphatic rings. The Kier molecular flexibility index (Phi) is 8.46. The van der Waals surface area contributed by atoms with Crippen molar-refractivity contribution in [1.29, 1.82) is 0 Å². The van der Waals surface area contributed by atoms with Gasteiger partial charge in [0.2, 0.25) is 0 Å². The molecule has 0 saturated carbocycles. The smallest absolute Gasteiger partial charge is 0.0460 e. The third-order valence-electron chi connectivity index (χ3n) is 4.91. The molecule has 0 radical (unpaired) electrons. The monoisotopic (exact) mass is 354 g/mol. The summed E-state index contributed by atoms with van der Waals surface area (Å²) in [6.45, 7) is 22.0. The van der Waals surface area contributed by atoms with Crippen molar-refractivity contribution in [3.63, 3.8) is 0 Å². The maximum absolute atomic E-state index is 4.42. The highest BCUT2D eigenvalue weighted by molar-refractivity contribution is 5.33. The van der Waals surface area contributed by atoms with E-state index in [1.807, 2.05) is 12.4 Å². The first-order valence-electron chi connectivity index (χ1n) is 9.98. The van der Waals surface area contributed by atoms with E-state index >= 15 is 0 Å². The van der Waals surface area contributed by atoms with Gasteiger partial charge in [0, 0.05) is 23.8 Å². The minimum Gasteiger partial charge on any atom is -0.261 e. The van der Waals surface area contributed by atoms with Crippen LogP contribution in [-0.4, -0.2) is 9.97 Å². The molecular formula is C24H38N2. The van der Waals surface area contributed by atoms with E-state index in [1.165, 1.54) is 33.6 Å². The van der Waals surface area contributed by atoms with Gasteiger partial charge in [-0.25, -0.2) is 0 Å². The lowest BCUT2D eigenvalue weighted by molar-refractivity contribution is 0.783. The Morgan fingerprint density at radius 3 is 1.08 bits per heavy atom. The standard InChI is InChI=1S/2C12H19N/c2*1-8(2)11-6-7-13-12(9(3)4)10(11)5/h2*6-9H,1-5H3. The molecule has 2 rings (SSSR count). The average molecular weight is 355 g/mol. The molecule has 0 amide bonds. The van der Waals surface area contributed by atoms with Crippen LogP contribution in [0.3, 0.4) is 0 Å². The quantitative estimate of drug-likeness (QED) is 0.576. The molecule has 2 aromatic rings. The third-order valence-corrected chi connectivity index (χ3v) is 4.91. The lowest BCUT2D eigenvalue weighted by Crippen LogP contribution is -2.01. The molecule has 2 heteroatoms. The third kappa shape index (κ3) is 5.65. The summed E-state index contributed by atoms with van der Waals surface area (Å²) in [4.78, 5) is 8.84. The van der Waals surface area contributed by atoms with Crippen LogP contribution in [0.2, 0.25) is 0 Å². The second kappa shape index (κ2) is 9.85. The fraction of sp³-hybridized carbons (Fsp3) is 0.583. The molecule has 0 saturated heterocycles. The van der Waals surface area contributed by atoms with Crippen LogP contribution in [0.1, 0.15) is 113 Å². The largest absolute Gasteiger partial charge is 0.261 e. The van der Waals surface area contributed by atoms with Crippen molar-refractivity contribution < 1.29 is 0 Å². The van der Waals surface area contributed by atoms with Crippen LogP contribution in [0.15, 0.2) is 24.5 Å². The Morgan fingerprint density at radius 1 is 0.538 bits per heavy atom. The van der Waals surface area contributed by atoms with Gasteiger partial charge >= 0.3 is 0 Å². The molecule has 0 N–H and O–H groups in total. The number of rotatable bonds is 4. The summed E-state index contributed by atoms with van der Waals surface area (Å²) in [7, 11) is 0. The number of aromatic nitrogens is 2. The Balaban J connectivity index is 0.000000260. The Labute approximate surface area is 161 Å². The van der Waals surface area contributed by atoms with Crippen molar-refractivity contribution in [2.45, 2.75) is 92.9 Å². The molecule has 0 aromatic carbocycles. The van der Waals surface area contributed by atoms with Gasteiger partial charge in [0.1, 0.15) is 0 Å². The molecule has 144 valence electrons. The molecule has 2 nitrogen and oxygen atoms in total. The lowest BCUT2D eigenvalue weighted by Gasteiger charge is -2.14. The maximum Gasteiger partial charge on any atom is 0.0460 e. The second-order valence-electron chi connectivity index (χ2n) is 8.44. The summed E-state index contributed by atoms with van der Waals surface area (Å²) in [6.07, 6.45) is 3.86. The van der Waals surface area contributed by atoms with Gasteiger partial charge in [-0.05, 0) is 71.9 Å². The van der Waals surface area contributed by atoms with Crippen molar-refractivity contribution in [3.05, 3.63) is 58.2 Å². The van der Waals surface area contributed by atoms with Crippen LogP contribution in [-0.2, 0) is 0 Å². The molecule has 0 unspecified atom stereocenters. The summed E-state index contributed by atoms with van der Waals surface area (Å²) in [6, 6.07) is 4.26. The zero-order valence-corrected chi connectivity index (χ0v) is 18.5. The van der Waals surface area contributed by atoms with Crippen molar-refractivity contribution in [1.82, 2.24) is 9.97 Å². The van der Waals surface area contributed by atoms with E-state index in [0.29, 0.717) is 23.7 Å². The van der Waals surface area contributed by atoms with Crippen LogP contribution in [0.4, 0.5) is 0 Å². The van der Waals surface area contributed by atoms with Crippen molar-refractivity contribution in [3.8, 4) is 0 Å². The molecule has 2 heterocycles. The van der Waals surface area contributed by atoms with E-state index < -0.39 is 0 Å². The van der Waals surface area contributed by atoms with E-state index in [0.717, 1.165) is 0 Å². The molecule has 0 atom stereocenters. The molecule has 26 heavy (non-hydrogen) atoms. The Morgan fingerprint density at radius 2 is 0.846 bits per heavy atom.